The second-order valence-electron chi connectivity index (χ2n) is 6.44. The molecule has 5 heteroatoms. The maximum absolute atomic E-state index is 11.3. The molecular weight excluding hydrogens is 300 g/mol. The number of hydrogen-bond acceptors (Lipinski definition) is 5. The fourth-order valence-corrected chi connectivity index (χ4v) is 3.36. The maximum atomic E-state index is 11.3. The summed E-state index contributed by atoms with van der Waals surface area (Å²) >= 11 is 0. The SMILES string of the molecule is CC.CC(=O)c1ccc(N2CCC(CCN3CCNCC3)C2)nc1. The Kier molecular flexibility index (Phi) is 7.66. The molecule has 1 aromatic rings. The molecule has 0 radical (unpaired) electrons. The number of hydrogen-bond donors (Lipinski definition) is 1. The molecule has 1 N–H and O–H groups in total. The molecule has 1 atom stereocenters. The number of anilines is 1. The number of Topliss-reactive ketones (excluding diaryl/α,β-unsaturated/α-hetero) is 1. The first-order valence-corrected chi connectivity index (χ1v) is 9.37. The van der Waals surface area contributed by atoms with Crippen LogP contribution < -0.4 is 10.2 Å². The van der Waals surface area contributed by atoms with Crippen LogP contribution in [0.25, 0.3) is 0 Å². The first-order valence-electron chi connectivity index (χ1n) is 9.37. The smallest absolute Gasteiger partial charge is 0.161 e. The van der Waals surface area contributed by atoms with E-state index in [-0.39, 0.29) is 5.78 Å². The fourth-order valence-electron chi connectivity index (χ4n) is 3.36. The summed E-state index contributed by atoms with van der Waals surface area (Å²) in [5.74, 6) is 1.85. The van der Waals surface area contributed by atoms with Gasteiger partial charge in [-0.2, -0.15) is 0 Å². The number of aromatic nitrogens is 1. The van der Waals surface area contributed by atoms with E-state index in [0.717, 1.165) is 37.9 Å². The molecule has 0 amide bonds. The Bertz CT molecular complexity index is 497. The van der Waals surface area contributed by atoms with Crippen molar-refractivity contribution in [2.24, 2.45) is 5.92 Å². The van der Waals surface area contributed by atoms with Gasteiger partial charge in [0.2, 0.25) is 0 Å². The lowest BCUT2D eigenvalue weighted by atomic mass is 10.0. The van der Waals surface area contributed by atoms with E-state index in [4.69, 9.17) is 0 Å². The molecular formula is C19H32N4O. The summed E-state index contributed by atoms with van der Waals surface area (Å²) in [6.07, 6.45) is 4.23. The standard InChI is InChI=1S/C17H26N4O.C2H6/c1-14(22)16-2-3-17(19-12-16)21-9-5-15(13-21)4-8-20-10-6-18-7-11-20;1-2/h2-3,12,15,18H,4-11,13H2,1H3;1-2H3. The van der Waals surface area contributed by atoms with E-state index in [9.17, 15) is 4.79 Å². The van der Waals surface area contributed by atoms with Crippen molar-refractivity contribution in [3.8, 4) is 0 Å². The summed E-state index contributed by atoms with van der Waals surface area (Å²) in [5, 5.41) is 3.40. The number of piperazine rings is 1. The summed E-state index contributed by atoms with van der Waals surface area (Å²) in [5.41, 5.74) is 0.693. The van der Waals surface area contributed by atoms with Gasteiger partial charge in [-0.05, 0) is 44.4 Å². The minimum atomic E-state index is 0.0781. The van der Waals surface area contributed by atoms with Crippen molar-refractivity contribution in [1.29, 1.82) is 0 Å². The molecule has 0 bridgehead atoms. The number of rotatable bonds is 5. The van der Waals surface area contributed by atoms with Gasteiger partial charge < -0.3 is 15.1 Å². The lowest BCUT2D eigenvalue weighted by Crippen LogP contribution is -2.44. The van der Waals surface area contributed by atoms with Crippen molar-refractivity contribution in [1.82, 2.24) is 15.2 Å². The zero-order valence-corrected chi connectivity index (χ0v) is 15.4. The van der Waals surface area contributed by atoms with Gasteiger partial charge in [0.15, 0.2) is 5.78 Å². The molecule has 1 aromatic heterocycles. The summed E-state index contributed by atoms with van der Waals surface area (Å²) in [7, 11) is 0. The first-order chi connectivity index (χ1) is 11.7. The molecule has 24 heavy (non-hydrogen) atoms. The highest BCUT2D eigenvalue weighted by Gasteiger charge is 2.24. The second-order valence-corrected chi connectivity index (χ2v) is 6.44. The second kappa shape index (κ2) is 9.74. The number of ketones is 1. The largest absolute Gasteiger partial charge is 0.356 e. The van der Waals surface area contributed by atoms with Crippen LogP contribution in [0.3, 0.4) is 0 Å². The highest BCUT2D eigenvalue weighted by atomic mass is 16.1. The van der Waals surface area contributed by atoms with Crippen molar-refractivity contribution in [3.63, 3.8) is 0 Å². The van der Waals surface area contributed by atoms with Crippen LogP contribution in [0.5, 0.6) is 0 Å². The summed E-state index contributed by atoms with van der Waals surface area (Å²) < 4.78 is 0. The predicted molar refractivity (Wildman–Crippen MR) is 99.8 cm³/mol. The molecule has 2 fully saturated rings. The number of carbonyl (C=O) groups excluding carboxylic acids is 1. The van der Waals surface area contributed by atoms with E-state index in [0.29, 0.717) is 5.56 Å². The van der Waals surface area contributed by atoms with E-state index in [1.165, 1.54) is 32.5 Å². The molecule has 134 valence electrons. The molecule has 2 saturated heterocycles. The fraction of sp³-hybridized carbons (Fsp3) is 0.684. The van der Waals surface area contributed by atoms with Crippen molar-refractivity contribution in [3.05, 3.63) is 23.9 Å². The zero-order chi connectivity index (χ0) is 17.4. The quantitative estimate of drug-likeness (QED) is 0.839. The van der Waals surface area contributed by atoms with Gasteiger partial charge in [0.05, 0.1) is 0 Å². The van der Waals surface area contributed by atoms with Gasteiger partial charge in [0, 0.05) is 51.0 Å². The van der Waals surface area contributed by atoms with Crippen LogP contribution in [0.4, 0.5) is 5.82 Å². The van der Waals surface area contributed by atoms with Crippen molar-refractivity contribution in [2.75, 3.05) is 50.7 Å². The van der Waals surface area contributed by atoms with Crippen LogP contribution in [0.15, 0.2) is 18.3 Å². The molecule has 3 rings (SSSR count). The minimum absolute atomic E-state index is 0.0781. The topological polar surface area (TPSA) is 48.5 Å². The average Bonchev–Trinajstić information content (AvgIpc) is 3.12. The Morgan fingerprint density at radius 1 is 1.25 bits per heavy atom. The Labute approximate surface area is 146 Å². The third kappa shape index (κ3) is 5.28. The van der Waals surface area contributed by atoms with Crippen LogP contribution in [-0.2, 0) is 0 Å². The number of carbonyl (C=O) groups is 1. The highest BCUT2D eigenvalue weighted by molar-refractivity contribution is 5.93. The van der Waals surface area contributed by atoms with Gasteiger partial charge in [-0.3, -0.25) is 4.79 Å². The first kappa shape index (κ1) is 18.9. The van der Waals surface area contributed by atoms with E-state index >= 15 is 0 Å². The molecule has 2 aliphatic heterocycles. The summed E-state index contributed by atoms with van der Waals surface area (Å²) in [6, 6.07) is 3.87. The Morgan fingerprint density at radius 2 is 2.00 bits per heavy atom. The zero-order valence-electron chi connectivity index (χ0n) is 15.4. The number of pyridine rings is 1. The molecule has 0 aliphatic carbocycles. The molecule has 0 aromatic carbocycles. The van der Waals surface area contributed by atoms with E-state index < -0.39 is 0 Å². The van der Waals surface area contributed by atoms with Crippen LogP contribution in [0, 0.1) is 5.92 Å². The molecule has 2 aliphatic rings. The average molecular weight is 332 g/mol. The van der Waals surface area contributed by atoms with Crippen LogP contribution in [0.2, 0.25) is 0 Å². The highest BCUT2D eigenvalue weighted by Crippen LogP contribution is 2.24. The van der Waals surface area contributed by atoms with Gasteiger partial charge in [-0.25, -0.2) is 4.98 Å². The minimum Gasteiger partial charge on any atom is -0.356 e. The lowest BCUT2D eigenvalue weighted by Gasteiger charge is -2.28. The van der Waals surface area contributed by atoms with E-state index in [2.05, 4.69) is 20.1 Å². The maximum Gasteiger partial charge on any atom is 0.161 e. The van der Waals surface area contributed by atoms with Crippen molar-refractivity contribution >= 4 is 11.6 Å². The third-order valence-electron chi connectivity index (χ3n) is 4.83. The lowest BCUT2D eigenvalue weighted by molar-refractivity contribution is 0.101. The van der Waals surface area contributed by atoms with Crippen molar-refractivity contribution in [2.45, 2.75) is 33.6 Å². The van der Waals surface area contributed by atoms with E-state index in [1.54, 1.807) is 13.1 Å². The van der Waals surface area contributed by atoms with Gasteiger partial charge in [-0.1, -0.05) is 13.8 Å². The summed E-state index contributed by atoms with van der Waals surface area (Å²) in [6.45, 7) is 13.6. The predicted octanol–water partition coefficient (Wildman–Crippen LogP) is 2.43. The number of nitrogens with one attached hydrogen (secondary N) is 1. The van der Waals surface area contributed by atoms with Crippen LogP contribution in [0.1, 0.15) is 44.0 Å². The van der Waals surface area contributed by atoms with Gasteiger partial charge in [0.25, 0.3) is 0 Å². The molecule has 3 heterocycles. The third-order valence-corrected chi connectivity index (χ3v) is 4.83. The normalized spacial score (nSPS) is 21.3. The Morgan fingerprint density at radius 3 is 2.62 bits per heavy atom. The monoisotopic (exact) mass is 332 g/mol. The molecule has 0 spiro atoms. The number of nitrogens with zero attached hydrogens (tertiary/aromatic N) is 3. The van der Waals surface area contributed by atoms with E-state index in [1.807, 2.05) is 26.0 Å². The molecule has 0 saturated carbocycles. The van der Waals surface area contributed by atoms with Crippen LogP contribution >= 0.6 is 0 Å². The Hall–Kier alpha value is -1.46. The Balaban J connectivity index is 0.00000100. The van der Waals surface area contributed by atoms with Gasteiger partial charge in [-0.15, -0.1) is 0 Å². The summed E-state index contributed by atoms with van der Waals surface area (Å²) in [4.78, 5) is 20.7. The van der Waals surface area contributed by atoms with Gasteiger partial charge in [0.1, 0.15) is 5.82 Å². The van der Waals surface area contributed by atoms with Crippen molar-refractivity contribution < 1.29 is 4.79 Å². The molecule has 5 nitrogen and oxygen atoms in total. The van der Waals surface area contributed by atoms with Gasteiger partial charge >= 0.3 is 0 Å². The molecule has 1 unspecified atom stereocenters. The van der Waals surface area contributed by atoms with Crippen LogP contribution in [-0.4, -0.2) is 61.5 Å².